The summed E-state index contributed by atoms with van der Waals surface area (Å²) in [6.45, 7) is 10.6. The molecule has 2 aromatic rings. The second-order valence-corrected chi connectivity index (χ2v) is 6.44. The number of halogens is 1. The number of aryl methyl sites for hydroxylation is 1. The molecule has 20 heavy (non-hydrogen) atoms. The lowest BCUT2D eigenvalue weighted by Crippen LogP contribution is -2.10. The molecule has 106 valence electrons. The van der Waals surface area contributed by atoms with Crippen molar-refractivity contribution in [2.24, 2.45) is 0 Å². The van der Waals surface area contributed by atoms with Gasteiger partial charge in [0, 0.05) is 17.5 Å². The first kappa shape index (κ1) is 15.0. The molecule has 0 saturated carbocycles. The lowest BCUT2D eigenvalue weighted by atomic mass is 9.86. The van der Waals surface area contributed by atoms with Gasteiger partial charge in [0.2, 0.25) is 0 Å². The fourth-order valence-electron chi connectivity index (χ4n) is 2.10. The van der Waals surface area contributed by atoms with E-state index in [0.717, 1.165) is 29.1 Å². The van der Waals surface area contributed by atoms with Gasteiger partial charge in [-0.3, -0.25) is 0 Å². The topological polar surface area (TPSA) is 25.8 Å². The van der Waals surface area contributed by atoms with Crippen LogP contribution < -0.4 is 0 Å². The average molecular weight is 289 g/mol. The summed E-state index contributed by atoms with van der Waals surface area (Å²) in [5.41, 5.74) is 4.44. The maximum atomic E-state index is 6.20. The molecule has 1 aromatic heterocycles. The van der Waals surface area contributed by atoms with Crippen LogP contribution in [0.3, 0.4) is 0 Å². The molecule has 0 unspecified atom stereocenters. The van der Waals surface area contributed by atoms with Gasteiger partial charge in [-0.2, -0.15) is 0 Å². The molecular weight excluding hydrogens is 268 g/mol. The number of benzene rings is 1. The van der Waals surface area contributed by atoms with E-state index >= 15 is 0 Å². The number of nitrogens with zero attached hydrogens (tertiary/aromatic N) is 2. The Hall–Kier alpha value is -1.41. The summed E-state index contributed by atoms with van der Waals surface area (Å²) in [7, 11) is 0. The van der Waals surface area contributed by atoms with E-state index in [-0.39, 0.29) is 5.41 Å². The van der Waals surface area contributed by atoms with Crippen LogP contribution >= 0.6 is 11.6 Å². The van der Waals surface area contributed by atoms with E-state index in [1.54, 1.807) is 0 Å². The molecule has 2 nitrogen and oxygen atoms in total. The molecule has 0 N–H and O–H groups in total. The summed E-state index contributed by atoms with van der Waals surface area (Å²) in [5.74, 6) is 0.787. The van der Waals surface area contributed by atoms with E-state index in [0.29, 0.717) is 5.15 Å². The number of rotatable bonds is 2. The van der Waals surface area contributed by atoms with Crippen molar-refractivity contribution in [2.45, 2.75) is 46.5 Å². The van der Waals surface area contributed by atoms with E-state index in [1.807, 2.05) is 13.8 Å². The van der Waals surface area contributed by atoms with Gasteiger partial charge in [-0.25, -0.2) is 9.97 Å². The zero-order valence-corrected chi connectivity index (χ0v) is 13.5. The first-order chi connectivity index (χ1) is 9.32. The molecule has 0 fully saturated rings. The largest absolute Gasteiger partial charge is 0.233 e. The maximum Gasteiger partial charge on any atom is 0.136 e. The van der Waals surface area contributed by atoms with Crippen LogP contribution in [-0.2, 0) is 11.8 Å². The summed E-state index contributed by atoms with van der Waals surface area (Å²) < 4.78 is 0. The normalized spacial score (nSPS) is 11.7. The number of hydrogen-bond donors (Lipinski definition) is 0. The Morgan fingerprint density at radius 3 is 2.15 bits per heavy atom. The highest BCUT2D eigenvalue weighted by Crippen LogP contribution is 2.28. The highest BCUT2D eigenvalue weighted by Gasteiger charge is 2.15. The predicted octanol–water partition coefficient (Wildman–Crippen LogP) is 4.97. The maximum absolute atomic E-state index is 6.20. The minimum absolute atomic E-state index is 0.158. The smallest absolute Gasteiger partial charge is 0.136 e. The molecule has 3 heteroatoms. The zero-order valence-electron chi connectivity index (χ0n) is 12.8. The van der Waals surface area contributed by atoms with Crippen LogP contribution in [0.2, 0.25) is 5.15 Å². The minimum atomic E-state index is 0.158. The van der Waals surface area contributed by atoms with E-state index in [2.05, 4.69) is 55.0 Å². The Balaban J connectivity index is 2.49. The monoisotopic (exact) mass is 288 g/mol. The zero-order chi connectivity index (χ0) is 14.9. The Morgan fingerprint density at radius 2 is 1.65 bits per heavy atom. The number of aromatic nitrogens is 2. The van der Waals surface area contributed by atoms with Gasteiger partial charge in [0.15, 0.2) is 0 Å². The van der Waals surface area contributed by atoms with Crippen molar-refractivity contribution < 1.29 is 0 Å². The van der Waals surface area contributed by atoms with E-state index in [4.69, 9.17) is 11.6 Å². The second-order valence-electron chi connectivity index (χ2n) is 6.09. The minimum Gasteiger partial charge on any atom is -0.233 e. The van der Waals surface area contributed by atoms with Crippen LogP contribution in [0, 0.1) is 6.92 Å². The van der Waals surface area contributed by atoms with Crippen LogP contribution in [0.1, 0.15) is 44.6 Å². The lowest BCUT2D eigenvalue weighted by molar-refractivity contribution is 0.590. The summed E-state index contributed by atoms with van der Waals surface area (Å²) >= 11 is 6.20. The highest BCUT2D eigenvalue weighted by molar-refractivity contribution is 6.30. The van der Waals surface area contributed by atoms with Crippen LogP contribution in [0.25, 0.3) is 11.3 Å². The Labute approximate surface area is 126 Å². The molecule has 0 spiro atoms. The third-order valence-corrected chi connectivity index (χ3v) is 3.84. The van der Waals surface area contributed by atoms with Crippen molar-refractivity contribution in [1.82, 2.24) is 9.97 Å². The first-order valence-corrected chi connectivity index (χ1v) is 7.34. The molecular formula is C17H21ClN2. The molecule has 0 saturated heterocycles. The average Bonchev–Trinajstić information content (AvgIpc) is 2.41. The summed E-state index contributed by atoms with van der Waals surface area (Å²) in [5, 5.41) is 0.548. The molecule has 0 amide bonds. The Kier molecular flexibility index (Phi) is 4.14. The van der Waals surface area contributed by atoms with Crippen molar-refractivity contribution in [3.05, 3.63) is 46.4 Å². The van der Waals surface area contributed by atoms with Gasteiger partial charge < -0.3 is 0 Å². The second kappa shape index (κ2) is 5.53. The molecule has 1 aromatic carbocycles. The summed E-state index contributed by atoms with van der Waals surface area (Å²) in [6, 6.07) is 8.56. The van der Waals surface area contributed by atoms with Gasteiger partial charge in [0.1, 0.15) is 11.0 Å². The Morgan fingerprint density at radius 1 is 1.05 bits per heavy atom. The fraction of sp³-hybridized carbons (Fsp3) is 0.412. The number of hydrogen-bond acceptors (Lipinski definition) is 2. The van der Waals surface area contributed by atoms with E-state index in [9.17, 15) is 0 Å². The van der Waals surface area contributed by atoms with Crippen molar-refractivity contribution in [2.75, 3.05) is 0 Å². The van der Waals surface area contributed by atoms with Gasteiger partial charge in [0.25, 0.3) is 0 Å². The van der Waals surface area contributed by atoms with Crippen molar-refractivity contribution in [3.63, 3.8) is 0 Å². The van der Waals surface area contributed by atoms with Crippen molar-refractivity contribution in [3.8, 4) is 11.3 Å². The van der Waals surface area contributed by atoms with Crippen molar-refractivity contribution >= 4 is 11.6 Å². The van der Waals surface area contributed by atoms with E-state index in [1.165, 1.54) is 5.56 Å². The third kappa shape index (κ3) is 3.01. The van der Waals surface area contributed by atoms with Gasteiger partial charge >= 0.3 is 0 Å². The molecule has 0 radical (unpaired) electrons. The van der Waals surface area contributed by atoms with Gasteiger partial charge in [-0.1, -0.05) is 63.6 Å². The summed E-state index contributed by atoms with van der Waals surface area (Å²) in [4.78, 5) is 8.91. The van der Waals surface area contributed by atoms with E-state index < -0.39 is 0 Å². The molecule has 1 heterocycles. The van der Waals surface area contributed by atoms with Gasteiger partial charge in [-0.05, 0) is 17.9 Å². The first-order valence-electron chi connectivity index (χ1n) is 6.97. The third-order valence-electron chi connectivity index (χ3n) is 3.47. The van der Waals surface area contributed by atoms with Crippen molar-refractivity contribution in [1.29, 1.82) is 0 Å². The van der Waals surface area contributed by atoms with Crippen LogP contribution in [0.15, 0.2) is 24.3 Å². The molecule has 2 rings (SSSR count). The standard InChI is InChI=1S/C17H21ClN2/c1-6-14-19-15(11(2)16(18)20-14)12-7-9-13(10-8-12)17(3,4)5/h7-10H,6H2,1-5H3. The molecule has 0 atom stereocenters. The fourth-order valence-corrected chi connectivity index (χ4v) is 2.29. The molecule has 0 aliphatic heterocycles. The van der Waals surface area contributed by atoms with Crippen LogP contribution in [-0.4, -0.2) is 9.97 Å². The van der Waals surface area contributed by atoms with Gasteiger partial charge in [-0.15, -0.1) is 0 Å². The summed E-state index contributed by atoms with van der Waals surface area (Å²) in [6.07, 6.45) is 0.785. The highest BCUT2D eigenvalue weighted by atomic mass is 35.5. The Bertz CT molecular complexity index is 610. The SMILES string of the molecule is CCc1nc(Cl)c(C)c(-c2ccc(C(C)(C)C)cc2)n1. The molecule has 0 aliphatic rings. The lowest BCUT2D eigenvalue weighted by Gasteiger charge is -2.19. The van der Waals surface area contributed by atoms with Crippen LogP contribution in [0.5, 0.6) is 0 Å². The molecule has 0 aliphatic carbocycles. The van der Waals surface area contributed by atoms with Crippen LogP contribution in [0.4, 0.5) is 0 Å². The van der Waals surface area contributed by atoms with Gasteiger partial charge in [0.05, 0.1) is 5.69 Å². The quantitative estimate of drug-likeness (QED) is 0.730. The predicted molar refractivity (Wildman–Crippen MR) is 85.3 cm³/mol. The molecule has 0 bridgehead atoms.